The van der Waals surface area contributed by atoms with Crippen molar-refractivity contribution in [3.63, 3.8) is 0 Å². The number of esters is 1. The molecule has 0 rings (SSSR count). The minimum Gasteiger partial charge on any atom is -0.457 e. The van der Waals surface area contributed by atoms with Crippen molar-refractivity contribution < 1.29 is 32.8 Å². The van der Waals surface area contributed by atoms with Gasteiger partial charge in [0, 0.05) is 19.6 Å². The van der Waals surface area contributed by atoms with Gasteiger partial charge in [-0.15, -0.1) is 0 Å². The lowest BCUT2D eigenvalue weighted by atomic mass is 10.0. The average Bonchev–Trinajstić information content (AvgIpc) is 3.20. The Hall–Kier alpha value is -0.760. The van der Waals surface area contributed by atoms with E-state index in [2.05, 4.69) is 26.0 Å². The van der Waals surface area contributed by atoms with Crippen LogP contribution in [0.25, 0.3) is 0 Å². The van der Waals surface area contributed by atoms with Crippen molar-refractivity contribution >= 4 is 13.8 Å². The van der Waals surface area contributed by atoms with Gasteiger partial charge in [0.05, 0.1) is 19.8 Å². The zero-order valence-electron chi connectivity index (χ0n) is 37.9. The first-order valence-electron chi connectivity index (χ1n) is 24.7. The van der Waals surface area contributed by atoms with E-state index in [9.17, 15) is 14.3 Å². The molecule has 0 heterocycles. The van der Waals surface area contributed by atoms with Crippen LogP contribution in [0.15, 0.2) is 12.2 Å². The van der Waals surface area contributed by atoms with Crippen molar-refractivity contribution in [3.05, 3.63) is 12.2 Å². The molecule has 0 aromatic rings. The lowest BCUT2D eigenvalue weighted by molar-refractivity contribution is -0.154. The molecule has 0 aliphatic rings. The maximum absolute atomic E-state index is 12.6. The van der Waals surface area contributed by atoms with E-state index in [0.717, 1.165) is 44.9 Å². The van der Waals surface area contributed by atoms with Gasteiger partial charge in [0.1, 0.15) is 6.10 Å². The number of rotatable bonds is 48. The van der Waals surface area contributed by atoms with Crippen LogP contribution in [0.3, 0.4) is 0 Å². The Balaban J connectivity index is 3.86. The number of nitrogens with two attached hydrogens (primary N) is 1. The summed E-state index contributed by atoms with van der Waals surface area (Å²) in [5, 5.41) is 0. The van der Waals surface area contributed by atoms with Gasteiger partial charge in [-0.25, -0.2) is 4.57 Å². The SMILES string of the molecule is CCCCCCC/C=C\CCCCCCCC(=O)OC(COCCCCCCCCCCCCCCCCCCCCCCCCCC)COP(=O)(O)OCCN. The van der Waals surface area contributed by atoms with E-state index in [0.29, 0.717) is 13.0 Å². The number of carbonyl (C=O) groups is 1. The smallest absolute Gasteiger partial charge is 0.457 e. The third kappa shape index (κ3) is 46.2. The third-order valence-corrected chi connectivity index (χ3v) is 11.9. The number of ether oxygens (including phenoxy) is 2. The second kappa shape index (κ2) is 46.3. The minimum absolute atomic E-state index is 0.0935. The average molecular weight is 830 g/mol. The van der Waals surface area contributed by atoms with Crippen LogP contribution in [0.5, 0.6) is 0 Å². The molecule has 340 valence electrons. The van der Waals surface area contributed by atoms with Crippen LogP contribution in [0.2, 0.25) is 0 Å². The fourth-order valence-corrected chi connectivity index (χ4v) is 8.05. The number of hydrogen-bond donors (Lipinski definition) is 2. The molecule has 0 aromatic heterocycles. The van der Waals surface area contributed by atoms with Gasteiger partial charge in [-0.05, 0) is 38.5 Å². The topological polar surface area (TPSA) is 117 Å². The molecule has 2 atom stereocenters. The molecule has 0 bridgehead atoms. The summed E-state index contributed by atoms with van der Waals surface area (Å²) in [6, 6.07) is 0. The first kappa shape index (κ1) is 56.2. The van der Waals surface area contributed by atoms with Crippen LogP contribution in [-0.4, -0.2) is 49.9 Å². The maximum Gasteiger partial charge on any atom is 0.472 e. The summed E-state index contributed by atoms with van der Waals surface area (Å²) in [4.78, 5) is 22.5. The predicted octanol–water partition coefficient (Wildman–Crippen LogP) is 15.0. The standard InChI is InChI=1S/C48H96NO7P/c1-3-5-7-9-11-13-15-17-19-20-21-22-23-24-25-26-27-28-30-32-34-36-38-40-43-53-45-47(46-55-57(51,52)54-44-42-49)56-48(50)41-39-37-35-33-31-29-18-16-14-12-10-8-6-4-2/h16,18,47H,3-15,17,19-46,49H2,1-2H3,(H,51,52)/b18-16-. The van der Waals surface area contributed by atoms with Gasteiger partial charge in [-0.3, -0.25) is 13.8 Å². The molecule has 57 heavy (non-hydrogen) atoms. The Bertz CT molecular complexity index is 889. The summed E-state index contributed by atoms with van der Waals surface area (Å²) in [6.45, 7) is 4.96. The molecule has 3 N–H and O–H groups in total. The highest BCUT2D eigenvalue weighted by molar-refractivity contribution is 7.47. The van der Waals surface area contributed by atoms with Crippen LogP contribution in [-0.2, 0) is 27.9 Å². The van der Waals surface area contributed by atoms with Gasteiger partial charge in [0.25, 0.3) is 0 Å². The summed E-state index contributed by atoms with van der Waals surface area (Å²) >= 11 is 0. The number of phosphoric ester groups is 1. The van der Waals surface area contributed by atoms with Gasteiger partial charge < -0.3 is 20.1 Å². The lowest BCUT2D eigenvalue weighted by Crippen LogP contribution is -2.28. The van der Waals surface area contributed by atoms with E-state index in [4.69, 9.17) is 24.3 Å². The molecule has 0 spiro atoms. The zero-order chi connectivity index (χ0) is 41.6. The largest absolute Gasteiger partial charge is 0.472 e. The van der Waals surface area contributed by atoms with Crippen LogP contribution < -0.4 is 5.73 Å². The van der Waals surface area contributed by atoms with Gasteiger partial charge in [0.15, 0.2) is 0 Å². The molecule has 0 aliphatic carbocycles. The van der Waals surface area contributed by atoms with Crippen molar-refractivity contribution in [2.75, 3.05) is 33.0 Å². The molecule has 0 saturated heterocycles. The van der Waals surface area contributed by atoms with Crippen LogP contribution >= 0.6 is 7.82 Å². The highest BCUT2D eigenvalue weighted by atomic mass is 31.2. The van der Waals surface area contributed by atoms with E-state index >= 15 is 0 Å². The maximum atomic E-state index is 12.6. The van der Waals surface area contributed by atoms with Crippen LogP contribution in [0, 0.1) is 0 Å². The molecular weight excluding hydrogens is 734 g/mol. The fraction of sp³-hybridized carbons (Fsp3) is 0.938. The van der Waals surface area contributed by atoms with Gasteiger partial charge in [-0.1, -0.05) is 219 Å². The van der Waals surface area contributed by atoms with Crippen LogP contribution in [0.1, 0.15) is 251 Å². The lowest BCUT2D eigenvalue weighted by Gasteiger charge is -2.20. The summed E-state index contributed by atoms with van der Waals surface area (Å²) in [5.74, 6) is -0.334. The molecule has 0 amide bonds. The summed E-state index contributed by atoms with van der Waals surface area (Å²) in [5.41, 5.74) is 5.38. The molecule has 0 radical (unpaired) electrons. The molecule has 0 aliphatic heterocycles. The van der Waals surface area contributed by atoms with Crippen molar-refractivity contribution in [1.82, 2.24) is 0 Å². The Labute approximate surface area is 354 Å². The Morgan fingerprint density at radius 3 is 1.28 bits per heavy atom. The van der Waals surface area contributed by atoms with Crippen LogP contribution in [0.4, 0.5) is 0 Å². The molecule has 0 fully saturated rings. The number of hydrogen-bond acceptors (Lipinski definition) is 7. The van der Waals surface area contributed by atoms with Crippen molar-refractivity contribution in [2.24, 2.45) is 5.73 Å². The summed E-state index contributed by atoms with van der Waals surface area (Å²) in [6.07, 6.45) is 51.1. The third-order valence-electron chi connectivity index (χ3n) is 10.9. The Morgan fingerprint density at radius 1 is 0.509 bits per heavy atom. The van der Waals surface area contributed by atoms with E-state index in [1.54, 1.807) is 0 Å². The summed E-state index contributed by atoms with van der Waals surface area (Å²) < 4.78 is 33.5. The van der Waals surface area contributed by atoms with Crippen molar-refractivity contribution in [2.45, 2.75) is 258 Å². The number of unbranched alkanes of at least 4 members (excludes halogenated alkanes) is 33. The minimum atomic E-state index is -4.28. The second-order valence-corrected chi connectivity index (χ2v) is 18.1. The second-order valence-electron chi connectivity index (χ2n) is 16.7. The molecule has 0 aromatic carbocycles. The Kier molecular flexibility index (Phi) is 45.7. The number of allylic oxidation sites excluding steroid dienone is 2. The van der Waals surface area contributed by atoms with Gasteiger partial charge in [-0.2, -0.15) is 0 Å². The summed E-state index contributed by atoms with van der Waals surface area (Å²) in [7, 11) is -4.28. The highest BCUT2D eigenvalue weighted by Crippen LogP contribution is 2.43. The number of phosphoric acid groups is 1. The molecule has 8 nitrogen and oxygen atoms in total. The Morgan fingerprint density at radius 2 is 0.877 bits per heavy atom. The predicted molar refractivity (Wildman–Crippen MR) is 243 cm³/mol. The quantitative estimate of drug-likeness (QED) is 0.0269. The van der Waals surface area contributed by atoms with E-state index in [1.165, 1.54) is 186 Å². The monoisotopic (exact) mass is 830 g/mol. The first-order chi connectivity index (χ1) is 27.9. The van der Waals surface area contributed by atoms with Crippen molar-refractivity contribution in [3.8, 4) is 0 Å². The molecule has 9 heteroatoms. The highest BCUT2D eigenvalue weighted by Gasteiger charge is 2.25. The molecule has 0 saturated carbocycles. The first-order valence-corrected chi connectivity index (χ1v) is 26.2. The van der Waals surface area contributed by atoms with E-state index in [1.807, 2.05) is 0 Å². The molecule has 2 unspecified atom stereocenters. The fourth-order valence-electron chi connectivity index (χ4n) is 7.29. The van der Waals surface area contributed by atoms with E-state index in [-0.39, 0.29) is 32.3 Å². The molecular formula is C48H96NO7P. The van der Waals surface area contributed by atoms with Crippen molar-refractivity contribution in [1.29, 1.82) is 0 Å². The zero-order valence-corrected chi connectivity index (χ0v) is 38.7. The normalized spacial score (nSPS) is 13.4. The van der Waals surface area contributed by atoms with E-state index < -0.39 is 13.9 Å². The van der Waals surface area contributed by atoms with Gasteiger partial charge >= 0.3 is 13.8 Å². The van der Waals surface area contributed by atoms with Gasteiger partial charge in [0.2, 0.25) is 0 Å². The number of carbonyl (C=O) groups excluding carboxylic acids is 1.